The maximum atomic E-state index is 12.9. The van der Waals surface area contributed by atoms with Crippen molar-refractivity contribution in [1.29, 1.82) is 0 Å². The van der Waals surface area contributed by atoms with Crippen molar-refractivity contribution in [2.45, 2.75) is 24.8 Å². The molecule has 0 spiro atoms. The highest BCUT2D eigenvalue weighted by atomic mass is 16.1. The summed E-state index contributed by atoms with van der Waals surface area (Å²) in [5, 5.41) is 11.6. The van der Waals surface area contributed by atoms with Crippen molar-refractivity contribution >= 4 is 34.0 Å². The Balaban J connectivity index is 1.54. The average molecular weight is 444 g/mol. The van der Waals surface area contributed by atoms with E-state index in [1.807, 2.05) is 37.1 Å². The monoisotopic (exact) mass is 444 g/mol. The van der Waals surface area contributed by atoms with Crippen molar-refractivity contribution in [3.63, 3.8) is 0 Å². The Kier molecular flexibility index (Phi) is 3.84. The number of nitrogens with two attached hydrogens (primary N) is 1. The van der Waals surface area contributed by atoms with Crippen LogP contribution in [0.2, 0.25) is 0 Å². The third-order valence-electron chi connectivity index (χ3n) is 6.78. The number of nitrogens with zero attached hydrogens (tertiary/aromatic N) is 5. The highest BCUT2D eigenvalue weighted by molar-refractivity contribution is 5.97. The van der Waals surface area contributed by atoms with Gasteiger partial charge in [-0.1, -0.05) is 12.1 Å². The molecule has 0 unspecified atom stereocenters. The minimum absolute atomic E-state index is 0.194. The minimum Gasteiger partial charge on any atom is -0.369 e. The zero-order chi connectivity index (χ0) is 23.1. The Morgan fingerprint density at radius 3 is 2.73 bits per heavy atom. The van der Waals surface area contributed by atoms with Gasteiger partial charge in [-0.05, 0) is 25.0 Å². The van der Waals surface area contributed by atoms with Crippen molar-refractivity contribution in [2.24, 2.45) is 19.8 Å². The fourth-order valence-electron chi connectivity index (χ4n) is 4.92. The molecule has 1 fully saturated rings. The third kappa shape index (κ3) is 2.73. The van der Waals surface area contributed by atoms with Crippen LogP contribution >= 0.6 is 0 Å². The Morgan fingerprint density at radius 2 is 2.00 bits per heavy atom. The van der Waals surface area contributed by atoms with Gasteiger partial charge in [0, 0.05) is 45.0 Å². The molecule has 33 heavy (non-hydrogen) atoms. The first-order valence-electron chi connectivity index (χ1n) is 10.8. The molecule has 1 amide bonds. The van der Waals surface area contributed by atoms with Crippen molar-refractivity contribution in [3.8, 4) is 11.3 Å². The van der Waals surface area contributed by atoms with Gasteiger partial charge in [0.25, 0.3) is 5.56 Å². The van der Waals surface area contributed by atoms with E-state index in [-0.39, 0.29) is 5.56 Å². The number of aromatic amines is 1. The van der Waals surface area contributed by atoms with E-state index < -0.39 is 11.3 Å². The van der Waals surface area contributed by atoms with Gasteiger partial charge in [0.15, 0.2) is 5.65 Å². The zero-order valence-corrected chi connectivity index (χ0v) is 18.6. The summed E-state index contributed by atoms with van der Waals surface area (Å²) >= 11 is 0. The van der Waals surface area contributed by atoms with Crippen molar-refractivity contribution in [1.82, 2.24) is 24.5 Å². The van der Waals surface area contributed by atoms with Crippen molar-refractivity contribution in [2.75, 3.05) is 17.3 Å². The summed E-state index contributed by atoms with van der Waals surface area (Å²) < 4.78 is 3.22. The Labute approximate surface area is 189 Å². The molecule has 4 N–H and O–H groups in total. The fraction of sp³-hybridized carbons (Fsp3) is 0.304. The van der Waals surface area contributed by atoms with Gasteiger partial charge < -0.3 is 16.0 Å². The fourth-order valence-corrected chi connectivity index (χ4v) is 4.92. The van der Waals surface area contributed by atoms with E-state index >= 15 is 0 Å². The number of para-hydroxylation sites is 1. The van der Waals surface area contributed by atoms with E-state index in [4.69, 9.17) is 5.73 Å². The number of primary amides is 1. The SMILES string of the molecule is CN1Cc2cn(C)nc2-c2cccc(Nc3cc(C4(C(N)=O)CC4)nc4[nH]n(C)c(=O)c34)c21. The second-order valence-electron chi connectivity index (χ2n) is 9.06. The number of carbonyl (C=O) groups excluding carboxylic acids is 1. The van der Waals surface area contributed by atoms with Crippen LogP contribution in [0, 0.1) is 0 Å². The first kappa shape index (κ1) is 19.6. The molecule has 10 heteroatoms. The van der Waals surface area contributed by atoms with E-state index in [0.29, 0.717) is 35.3 Å². The summed E-state index contributed by atoms with van der Waals surface area (Å²) in [6.07, 6.45) is 3.35. The number of pyridine rings is 1. The molecule has 1 aromatic carbocycles. The molecule has 2 aliphatic rings. The van der Waals surface area contributed by atoms with E-state index in [1.165, 1.54) is 4.68 Å². The third-order valence-corrected chi connectivity index (χ3v) is 6.78. The number of hydrogen-bond donors (Lipinski definition) is 3. The predicted molar refractivity (Wildman–Crippen MR) is 125 cm³/mol. The summed E-state index contributed by atoms with van der Waals surface area (Å²) in [4.78, 5) is 31.9. The van der Waals surface area contributed by atoms with Crippen LogP contribution in [0.4, 0.5) is 17.1 Å². The molecular weight excluding hydrogens is 420 g/mol. The van der Waals surface area contributed by atoms with Gasteiger partial charge in [-0.15, -0.1) is 0 Å². The molecule has 0 saturated heterocycles. The number of aromatic nitrogens is 5. The van der Waals surface area contributed by atoms with Gasteiger partial charge >= 0.3 is 0 Å². The minimum atomic E-state index is -0.771. The highest BCUT2D eigenvalue weighted by Crippen LogP contribution is 2.49. The first-order chi connectivity index (χ1) is 15.8. The highest BCUT2D eigenvalue weighted by Gasteiger charge is 2.51. The molecule has 4 aromatic rings. The van der Waals surface area contributed by atoms with Gasteiger partial charge in [-0.25, -0.2) is 4.98 Å². The van der Waals surface area contributed by atoms with Crippen LogP contribution in [0.25, 0.3) is 22.3 Å². The van der Waals surface area contributed by atoms with Gasteiger partial charge in [-0.2, -0.15) is 5.10 Å². The summed E-state index contributed by atoms with van der Waals surface area (Å²) in [7, 11) is 5.60. The molecule has 10 nitrogen and oxygen atoms in total. The number of aryl methyl sites for hydroxylation is 2. The number of rotatable bonds is 4. The molecule has 1 aliphatic heterocycles. The molecule has 4 heterocycles. The van der Waals surface area contributed by atoms with Crippen LogP contribution < -0.4 is 21.5 Å². The number of fused-ring (bicyclic) bond motifs is 4. The second kappa shape index (κ2) is 6.47. The van der Waals surface area contributed by atoms with Crippen LogP contribution in [-0.4, -0.2) is 37.5 Å². The van der Waals surface area contributed by atoms with Crippen LogP contribution in [0.5, 0.6) is 0 Å². The quantitative estimate of drug-likeness (QED) is 0.441. The summed E-state index contributed by atoms with van der Waals surface area (Å²) in [5.41, 5.74) is 11.3. The smallest absolute Gasteiger partial charge is 0.277 e. The topological polar surface area (TPSA) is 127 Å². The summed E-state index contributed by atoms with van der Waals surface area (Å²) in [5.74, 6) is -0.391. The lowest BCUT2D eigenvalue weighted by Crippen LogP contribution is -2.29. The van der Waals surface area contributed by atoms with Gasteiger partial charge in [-0.3, -0.25) is 24.1 Å². The predicted octanol–water partition coefficient (Wildman–Crippen LogP) is 1.87. The summed E-state index contributed by atoms with van der Waals surface area (Å²) in [6.45, 7) is 0.725. The molecule has 3 aromatic heterocycles. The van der Waals surface area contributed by atoms with Gasteiger partial charge in [0.1, 0.15) is 5.39 Å². The summed E-state index contributed by atoms with van der Waals surface area (Å²) in [6, 6.07) is 7.80. The van der Waals surface area contributed by atoms with E-state index in [0.717, 1.165) is 34.7 Å². The number of anilines is 3. The number of carbonyl (C=O) groups is 1. The molecule has 1 aliphatic carbocycles. The van der Waals surface area contributed by atoms with Gasteiger partial charge in [0.05, 0.1) is 33.9 Å². The Morgan fingerprint density at radius 1 is 1.21 bits per heavy atom. The van der Waals surface area contributed by atoms with Crippen LogP contribution in [-0.2, 0) is 30.8 Å². The molecule has 168 valence electrons. The molecule has 0 bridgehead atoms. The van der Waals surface area contributed by atoms with Crippen molar-refractivity contribution in [3.05, 3.63) is 52.1 Å². The van der Waals surface area contributed by atoms with Gasteiger partial charge in [0.2, 0.25) is 5.91 Å². The first-order valence-corrected chi connectivity index (χ1v) is 10.8. The van der Waals surface area contributed by atoms with E-state index in [2.05, 4.69) is 31.5 Å². The zero-order valence-electron chi connectivity index (χ0n) is 18.6. The van der Waals surface area contributed by atoms with Crippen LogP contribution in [0.15, 0.2) is 35.3 Å². The lowest BCUT2D eigenvalue weighted by molar-refractivity contribution is -0.120. The molecule has 6 rings (SSSR count). The Hall–Kier alpha value is -4.08. The standard InChI is InChI=1S/C23H24N8O2/c1-29-10-12-11-30(2)27-18(12)13-5-4-6-14(19(13)29)25-15-9-16(23(7-8-23)22(24)33)26-20-17(15)21(32)31(3)28-20/h4-6,9,11H,7-8,10H2,1-3H3,(H2,24,33)(H2,25,26,28). The Bertz CT molecular complexity index is 1520. The largest absolute Gasteiger partial charge is 0.369 e. The van der Waals surface area contributed by atoms with Crippen LogP contribution in [0.1, 0.15) is 24.1 Å². The normalized spacial score (nSPS) is 15.9. The number of benzene rings is 1. The number of nitrogens with one attached hydrogen (secondary N) is 2. The lowest BCUT2D eigenvalue weighted by atomic mass is 9.98. The molecular formula is C23H24N8O2. The van der Waals surface area contributed by atoms with E-state index in [1.54, 1.807) is 13.1 Å². The second-order valence-corrected chi connectivity index (χ2v) is 9.06. The maximum absolute atomic E-state index is 12.9. The maximum Gasteiger partial charge on any atom is 0.277 e. The molecule has 0 atom stereocenters. The lowest BCUT2D eigenvalue weighted by Gasteiger charge is -2.29. The molecule has 0 radical (unpaired) electrons. The average Bonchev–Trinajstić information content (AvgIpc) is 3.43. The number of H-pyrrole nitrogens is 1. The van der Waals surface area contributed by atoms with Crippen molar-refractivity contribution < 1.29 is 4.79 Å². The molecule has 1 saturated carbocycles. The van der Waals surface area contributed by atoms with Crippen LogP contribution in [0.3, 0.4) is 0 Å². The van der Waals surface area contributed by atoms with E-state index in [9.17, 15) is 9.59 Å². The number of hydrogen-bond acceptors (Lipinski definition) is 6. The number of amides is 1.